The smallest absolute Gasteiger partial charge is 0.145 e. The highest BCUT2D eigenvalue weighted by atomic mass is 28.3. The van der Waals surface area contributed by atoms with E-state index in [1.165, 1.54) is 10.9 Å². The molecule has 2 aromatic carbocycles. The molecule has 0 aliphatic carbocycles. The van der Waals surface area contributed by atoms with Gasteiger partial charge in [0.15, 0.2) is 0 Å². The van der Waals surface area contributed by atoms with E-state index in [0.717, 1.165) is 38.8 Å². The number of aryl methyl sites for hydroxylation is 2. The highest BCUT2D eigenvalue weighted by Gasteiger charge is 2.29. The van der Waals surface area contributed by atoms with Crippen molar-refractivity contribution >= 4 is 35.2 Å². The average Bonchev–Trinajstić information content (AvgIpc) is 2.94. The molecule has 0 atom stereocenters. The Kier molecular flexibility index (Phi) is 4.30. The fourth-order valence-corrected chi connectivity index (χ4v) is 6.44. The molecule has 0 saturated carbocycles. The van der Waals surface area contributed by atoms with Crippen LogP contribution in [0.4, 0.5) is 4.39 Å². The molecule has 144 valence electrons. The Bertz CT molecular complexity index is 1220. The molecule has 4 rings (SSSR count). The zero-order valence-corrected chi connectivity index (χ0v) is 18.2. The molecule has 0 aliphatic heterocycles. The molecule has 4 aromatic rings. The van der Waals surface area contributed by atoms with Gasteiger partial charge < -0.3 is 9.30 Å². The zero-order valence-electron chi connectivity index (χ0n) is 17.2. The van der Waals surface area contributed by atoms with Crippen LogP contribution < -0.4 is 10.1 Å². The van der Waals surface area contributed by atoms with Crippen molar-refractivity contribution in [2.45, 2.75) is 33.5 Å². The number of para-hydroxylation sites is 1. The molecule has 0 fully saturated rings. The Morgan fingerprint density at radius 1 is 1.04 bits per heavy atom. The summed E-state index contributed by atoms with van der Waals surface area (Å²) in [5.41, 5.74) is 5.17. The second-order valence-corrected chi connectivity index (χ2v) is 13.3. The lowest BCUT2D eigenvalue weighted by Gasteiger charge is -2.23. The van der Waals surface area contributed by atoms with Gasteiger partial charge >= 0.3 is 0 Å². The number of rotatable bonds is 3. The van der Waals surface area contributed by atoms with Gasteiger partial charge in [0.1, 0.15) is 17.1 Å². The number of hydrogen-bond donors (Lipinski definition) is 0. The first-order chi connectivity index (χ1) is 13.2. The molecule has 5 heteroatoms. The number of methoxy groups -OCH3 is 1. The topological polar surface area (TPSA) is 27.1 Å². The number of benzene rings is 2. The summed E-state index contributed by atoms with van der Waals surface area (Å²) >= 11 is 0. The quantitative estimate of drug-likeness (QED) is 0.431. The van der Waals surface area contributed by atoms with E-state index in [9.17, 15) is 4.39 Å². The van der Waals surface area contributed by atoms with E-state index in [1.54, 1.807) is 19.2 Å². The number of ether oxygens (including phenoxy) is 1. The fourth-order valence-electron chi connectivity index (χ4n) is 4.28. The molecule has 3 nitrogen and oxygen atoms in total. The van der Waals surface area contributed by atoms with Crippen molar-refractivity contribution in [1.82, 2.24) is 9.55 Å². The second-order valence-electron chi connectivity index (χ2n) is 8.37. The molecule has 0 radical (unpaired) electrons. The van der Waals surface area contributed by atoms with Crippen molar-refractivity contribution < 1.29 is 9.13 Å². The van der Waals surface area contributed by atoms with Crippen LogP contribution in [0, 0.1) is 19.7 Å². The summed E-state index contributed by atoms with van der Waals surface area (Å²) in [6.07, 6.45) is 1.95. The van der Waals surface area contributed by atoms with Crippen LogP contribution in [0.5, 0.6) is 5.75 Å². The third-order valence-electron chi connectivity index (χ3n) is 5.37. The first-order valence-corrected chi connectivity index (χ1v) is 13.0. The third kappa shape index (κ3) is 2.73. The van der Waals surface area contributed by atoms with E-state index >= 15 is 0 Å². The number of aromatic nitrogens is 2. The summed E-state index contributed by atoms with van der Waals surface area (Å²) in [6, 6.07) is 11.1. The summed E-state index contributed by atoms with van der Waals surface area (Å²) in [5.74, 6) is 0.548. The standard InChI is InChI=1S/C23H25FN2OSi/c1-14-12-16(24)10-11-19(14)26-22-17-8-7-9-20(27-3)21(17)25-13-18(22)15(2)23(26)28(4,5)6/h7-13H,1-6H3. The number of halogens is 1. The summed E-state index contributed by atoms with van der Waals surface area (Å²) in [4.78, 5) is 4.72. The van der Waals surface area contributed by atoms with E-state index in [2.05, 4.69) is 37.2 Å². The summed E-state index contributed by atoms with van der Waals surface area (Å²) in [6.45, 7) is 11.2. The monoisotopic (exact) mass is 392 g/mol. The van der Waals surface area contributed by atoms with Crippen molar-refractivity contribution in [1.29, 1.82) is 0 Å². The van der Waals surface area contributed by atoms with E-state index in [4.69, 9.17) is 9.72 Å². The molecule has 0 spiro atoms. The van der Waals surface area contributed by atoms with E-state index < -0.39 is 8.07 Å². The van der Waals surface area contributed by atoms with Crippen LogP contribution in [0.2, 0.25) is 19.6 Å². The van der Waals surface area contributed by atoms with Crippen molar-refractivity contribution in [3.63, 3.8) is 0 Å². The minimum Gasteiger partial charge on any atom is -0.494 e. The maximum absolute atomic E-state index is 13.8. The molecule has 0 bridgehead atoms. The molecule has 28 heavy (non-hydrogen) atoms. The molecule has 0 saturated heterocycles. The van der Waals surface area contributed by atoms with Crippen LogP contribution in [0.15, 0.2) is 42.6 Å². The molecule has 0 unspecified atom stereocenters. The largest absolute Gasteiger partial charge is 0.494 e. The Morgan fingerprint density at radius 2 is 1.79 bits per heavy atom. The van der Waals surface area contributed by atoms with E-state index in [-0.39, 0.29) is 5.82 Å². The van der Waals surface area contributed by atoms with E-state index in [0.29, 0.717) is 0 Å². The van der Waals surface area contributed by atoms with Gasteiger partial charge in [0.05, 0.1) is 20.7 Å². The molecule has 0 N–H and O–H groups in total. The normalized spacial score (nSPS) is 12.1. The molecule has 2 heterocycles. The lowest BCUT2D eigenvalue weighted by atomic mass is 10.1. The summed E-state index contributed by atoms with van der Waals surface area (Å²) in [7, 11) is -0.0547. The number of fused-ring (bicyclic) bond motifs is 3. The SMILES string of the molecule is COc1cccc2c1ncc1c(C)c([Si](C)(C)C)n(-c3ccc(F)cc3C)c12. The van der Waals surface area contributed by atoms with Crippen molar-refractivity contribution in [2.75, 3.05) is 7.11 Å². The highest BCUT2D eigenvalue weighted by Crippen LogP contribution is 2.34. The predicted molar refractivity (Wildman–Crippen MR) is 118 cm³/mol. The Labute approximate surface area is 165 Å². The number of pyridine rings is 1. The van der Waals surface area contributed by atoms with E-state index in [1.807, 2.05) is 31.3 Å². The van der Waals surface area contributed by atoms with Gasteiger partial charge in [0, 0.05) is 28.0 Å². The first-order valence-electron chi connectivity index (χ1n) is 9.47. The van der Waals surface area contributed by atoms with Gasteiger partial charge in [-0.2, -0.15) is 0 Å². The Morgan fingerprint density at radius 3 is 2.43 bits per heavy atom. The molecular weight excluding hydrogens is 367 g/mol. The Balaban J connectivity index is 2.27. The van der Waals surface area contributed by atoms with Gasteiger partial charge in [-0.15, -0.1) is 0 Å². The third-order valence-corrected chi connectivity index (χ3v) is 7.39. The minimum absolute atomic E-state index is 0.211. The van der Waals surface area contributed by atoms with Gasteiger partial charge in [0.2, 0.25) is 0 Å². The zero-order chi connectivity index (χ0) is 20.2. The molecule has 2 aromatic heterocycles. The summed E-state index contributed by atoms with van der Waals surface area (Å²) < 4.78 is 21.7. The van der Waals surface area contributed by atoms with Gasteiger partial charge in [-0.05, 0) is 49.2 Å². The average molecular weight is 393 g/mol. The van der Waals surface area contributed by atoms with Crippen molar-refractivity contribution in [2.24, 2.45) is 0 Å². The van der Waals surface area contributed by atoms with Crippen molar-refractivity contribution in [3.05, 3.63) is 59.5 Å². The minimum atomic E-state index is -1.72. The maximum Gasteiger partial charge on any atom is 0.145 e. The maximum atomic E-state index is 13.8. The van der Waals surface area contributed by atoms with Crippen LogP contribution in [-0.2, 0) is 0 Å². The van der Waals surface area contributed by atoms with Crippen LogP contribution in [-0.4, -0.2) is 24.7 Å². The van der Waals surface area contributed by atoms with Gasteiger partial charge in [-0.3, -0.25) is 4.98 Å². The molecule has 0 aliphatic rings. The van der Waals surface area contributed by atoms with Crippen LogP contribution in [0.3, 0.4) is 0 Å². The van der Waals surface area contributed by atoms with Crippen LogP contribution in [0.1, 0.15) is 11.1 Å². The fraction of sp³-hybridized carbons (Fsp3) is 0.261. The van der Waals surface area contributed by atoms with Gasteiger partial charge in [-0.1, -0.05) is 31.8 Å². The molecule has 0 amide bonds. The van der Waals surface area contributed by atoms with Gasteiger partial charge in [0.25, 0.3) is 0 Å². The van der Waals surface area contributed by atoms with Crippen LogP contribution >= 0.6 is 0 Å². The lowest BCUT2D eigenvalue weighted by Crippen LogP contribution is -2.44. The van der Waals surface area contributed by atoms with Crippen molar-refractivity contribution in [3.8, 4) is 11.4 Å². The first kappa shape index (κ1) is 18.7. The number of hydrogen-bond acceptors (Lipinski definition) is 2. The predicted octanol–water partition coefficient (Wildman–Crippen LogP) is 5.49. The summed E-state index contributed by atoms with van der Waals surface area (Å²) in [5, 5.41) is 3.53. The number of nitrogens with zero attached hydrogens (tertiary/aromatic N) is 2. The lowest BCUT2D eigenvalue weighted by molar-refractivity contribution is 0.419. The van der Waals surface area contributed by atoms with Gasteiger partial charge in [-0.25, -0.2) is 4.39 Å². The highest BCUT2D eigenvalue weighted by molar-refractivity contribution is 6.89. The Hall–Kier alpha value is -2.66. The van der Waals surface area contributed by atoms with Crippen LogP contribution in [0.25, 0.3) is 27.5 Å². The molecular formula is C23H25FN2OSi. The second kappa shape index (κ2) is 6.45.